The van der Waals surface area contributed by atoms with E-state index in [1.54, 1.807) is 0 Å². The molecule has 2 saturated carbocycles. The molecule has 0 spiro atoms. The molecule has 100 valence electrons. The van der Waals surface area contributed by atoms with E-state index in [9.17, 15) is 4.21 Å². The molecule has 0 amide bonds. The van der Waals surface area contributed by atoms with Crippen molar-refractivity contribution in [1.29, 1.82) is 0 Å². The van der Waals surface area contributed by atoms with Gasteiger partial charge in [-0.05, 0) is 45.1 Å². The quantitative estimate of drug-likeness (QED) is 0.820. The summed E-state index contributed by atoms with van der Waals surface area (Å²) in [6.45, 7) is 0. The highest BCUT2D eigenvalue weighted by atomic mass is 32.2. The molecule has 2 aliphatic carbocycles. The van der Waals surface area contributed by atoms with Crippen LogP contribution in [0.25, 0.3) is 0 Å². The Labute approximate surface area is 108 Å². The molecule has 3 unspecified atom stereocenters. The lowest BCUT2D eigenvalue weighted by atomic mass is 10.0. The number of nitrogens with one attached hydrogen (secondary N) is 1. The lowest BCUT2D eigenvalue weighted by molar-refractivity contribution is 0.415. The first-order chi connectivity index (χ1) is 8.31. The molecule has 2 nitrogen and oxygen atoms in total. The van der Waals surface area contributed by atoms with Gasteiger partial charge in [0.1, 0.15) is 0 Å². The first kappa shape index (κ1) is 13.5. The average Bonchev–Trinajstić information content (AvgIpc) is 2.84. The van der Waals surface area contributed by atoms with Crippen LogP contribution in [0.5, 0.6) is 0 Å². The highest BCUT2D eigenvalue weighted by Gasteiger charge is 2.27. The fraction of sp³-hybridized carbons (Fsp3) is 1.00. The maximum Gasteiger partial charge on any atom is 0.0348 e. The Bertz CT molecular complexity index is 251. The first-order valence-corrected chi connectivity index (χ1v) is 8.74. The van der Waals surface area contributed by atoms with Crippen molar-refractivity contribution in [3.05, 3.63) is 0 Å². The van der Waals surface area contributed by atoms with Gasteiger partial charge in [0.2, 0.25) is 0 Å². The molecular weight excluding hydrogens is 230 g/mol. The monoisotopic (exact) mass is 257 g/mol. The largest absolute Gasteiger partial charge is 0.317 e. The number of hydrogen-bond acceptors (Lipinski definition) is 2. The lowest BCUT2D eigenvalue weighted by Gasteiger charge is -2.23. The molecule has 17 heavy (non-hydrogen) atoms. The van der Waals surface area contributed by atoms with Gasteiger partial charge in [0.05, 0.1) is 0 Å². The van der Waals surface area contributed by atoms with Gasteiger partial charge >= 0.3 is 0 Å². The Morgan fingerprint density at radius 3 is 2.53 bits per heavy atom. The van der Waals surface area contributed by atoms with E-state index in [1.165, 1.54) is 57.8 Å². The van der Waals surface area contributed by atoms with Crippen LogP contribution >= 0.6 is 0 Å². The summed E-state index contributed by atoms with van der Waals surface area (Å²) >= 11 is 0. The second kappa shape index (κ2) is 6.89. The Morgan fingerprint density at radius 1 is 1.06 bits per heavy atom. The average molecular weight is 257 g/mol. The maximum absolute atomic E-state index is 12.2. The molecule has 0 bridgehead atoms. The van der Waals surface area contributed by atoms with Crippen molar-refractivity contribution in [2.24, 2.45) is 5.92 Å². The van der Waals surface area contributed by atoms with Crippen LogP contribution in [0.15, 0.2) is 0 Å². The lowest BCUT2D eigenvalue weighted by Crippen LogP contribution is -2.30. The Balaban J connectivity index is 1.71. The van der Waals surface area contributed by atoms with Crippen LogP contribution in [0.2, 0.25) is 0 Å². The summed E-state index contributed by atoms with van der Waals surface area (Å²) in [6, 6.07) is 0.693. The van der Waals surface area contributed by atoms with E-state index < -0.39 is 10.8 Å². The van der Waals surface area contributed by atoms with E-state index in [4.69, 9.17) is 0 Å². The highest BCUT2D eigenvalue weighted by Crippen LogP contribution is 2.29. The molecule has 0 saturated heterocycles. The summed E-state index contributed by atoms with van der Waals surface area (Å²) in [5.74, 6) is 1.74. The van der Waals surface area contributed by atoms with Gasteiger partial charge in [0, 0.05) is 27.8 Å². The first-order valence-electron chi connectivity index (χ1n) is 7.35. The van der Waals surface area contributed by atoms with Gasteiger partial charge in [0.15, 0.2) is 0 Å². The van der Waals surface area contributed by atoms with Gasteiger partial charge in [-0.15, -0.1) is 0 Å². The molecule has 0 radical (unpaired) electrons. The summed E-state index contributed by atoms with van der Waals surface area (Å²) in [4.78, 5) is 0. The molecule has 2 fully saturated rings. The summed E-state index contributed by atoms with van der Waals surface area (Å²) in [7, 11) is 1.52. The van der Waals surface area contributed by atoms with Gasteiger partial charge in [-0.2, -0.15) is 0 Å². The minimum atomic E-state index is -0.547. The van der Waals surface area contributed by atoms with E-state index in [0.29, 0.717) is 11.3 Å². The molecule has 2 aliphatic rings. The van der Waals surface area contributed by atoms with E-state index in [1.807, 2.05) is 0 Å². The summed E-state index contributed by atoms with van der Waals surface area (Å²) in [5.41, 5.74) is 0. The molecule has 0 aromatic heterocycles. The second-order valence-electron chi connectivity index (χ2n) is 5.72. The molecule has 0 aromatic rings. The smallest absolute Gasteiger partial charge is 0.0348 e. The SMILES string of the molecule is CNC1CCCC1CCS(=O)C1CCCCC1. The Kier molecular flexibility index (Phi) is 5.49. The molecule has 0 aromatic carbocycles. The van der Waals surface area contributed by atoms with Crippen LogP contribution in [0, 0.1) is 5.92 Å². The fourth-order valence-corrected chi connectivity index (χ4v) is 5.25. The van der Waals surface area contributed by atoms with E-state index in [2.05, 4.69) is 12.4 Å². The van der Waals surface area contributed by atoms with Crippen LogP contribution in [0.3, 0.4) is 0 Å². The zero-order chi connectivity index (χ0) is 12.1. The van der Waals surface area contributed by atoms with Crippen molar-refractivity contribution in [3.8, 4) is 0 Å². The molecule has 2 rings (SSSR count). The third-order valence-corrected chi connectivity index (χ3v) is 6.50. The molecule has 3 atom stereocenters. The molecule has 3 heteroatoms. The Hall–Kier alpha value is 0.110. The third-order valence-electron chi connectivity index (χ3n) is 4.64. The van der Waals surface area contributed by atoms with Crippen molar-refractivity contribution in [2.75, 3.05) is 12.8 Å². The second-order valence-corrected chi connectivity index (χ2v) is 7.56. The van der Waals surface area contributed by atoms with Crippen LogP contribution < -0.4 is 5.32 Å². The van der Waals surface area contributed by atoms with E-state index in [-0.39, 0.29) is 0 Å². The normalized spacial score (nSPS) is 32.8. The van der Waals surface area contributed by atoms with E-state index >= 15 is 0 Å². The molecular formula is C14H27NOS. The highest BCUT2D eigenvalue weighted by molar-refractivity contribution is 7.85. The number of rotatable bonds is 5. The third kappa shape index (κ3) is 3.78. The zero-order valence-electron chi connectivity index (χ0n) is 11.1. The fourth-order valence-electron chi connectivity index (χ4n) is 3.52. The van der Waals surface area contributed by atoms with Gasteiger partial charge in [0.25, 0.3) is 0 Å². The van der Waals surface area contributed by atoms with Crippen LogP contribution in [-0.2, 0) is 10.8 Å². The van der Waals surface area contributed by atoms with Crippen LogP contribution in [-0.4, -0.2) is 28.3 Å². The molecule has 1 N–H and O–H groups in total. The molecule has 0 aliphatic heterocycles. The summed E-state index contributed by atoms with van der Waals surface area (Å²) in [6.07, 6.45) is 11.6. The van der Waals surface area contributed by atoms with E-state index in [0.717, 1.165) is 11.7 Å². The maximum atomic E-state index is 12.2. The number of hydrogen-bond donors (Lipinski definition) is 1. The van der Waals surface area contributed by atoms with Gasteiger partial charge in [-0.3, -0.25) is 4.21 Å². The molecule has 0 heterocycles. The van der Waals surface area contributed by atoms with Crippen molar-refractivity contribution in [3.63, 3.8) is 0 Å². The van der Waals surface area contributed by atoms with Crippen molar-refractivity contribution in [2.45, 2.75) is 69.1 Å². The van der Waals surface area contributed by atoms with Gasteiger partial charge in [-0.25, -0.2) is 0 Å². The predicted molar refractivity (Wildman–Crippen MR) is 74.7 cm³/mol. The minimum absolute atomic E-state index is 0.526. The zero-order valence-corrected chi connectivity index (χ0v) is 11.9. The van der Waals surface area contributed by atoms with Crippen LogP contribution in [0.1, 0.15) is 57.8 Å². The van der Waals surface area contributed by atoms with Crippen molar-refractivity contribution >= 4 is 10.8 Å². The topological polar surface area (TPSA) is 29.1 Å². The van der Waals surface area contributed by atoms with Crippen molar-refractivity contribution in [1.82, 2.24) is 5.32 Å². The predicted octanol–water partition coefficient (Wildman–Crippen LogP) is 2.85. The summed E-state index contributed by atoms with van der Waals surface area (Å²) < 4.78 is 12.2. The van der Waals surface area contributed by atoms with Gasteiger partial charge in [-0.1, -0.05) is 25.7 Å². The van der Waals surface area contributed by atoms with Crippen molar-refractivity contribution < 1.29 is 4.21 Å². The van der Waals surface area contributed by atoms with Crippen LogP contribution in [0.4, 0.5) is 0 Å². The standard InChI is InChI=1S/C14H27NOS/c1-15-14-9-5-6-12(14)10-11-17(16)13-7-3-2-4-8-13/h12-15H,2-11H2,1H3. The summed E-state index contributed by atoms with van der Waals surface area (Å²) in [5, 5.41) is 3.94. The minimum Gasteiger partial charge on any atom is -0.317 e. The van der Waals surface area contributed by atoms with Gasteiger partial charge < -0.3 is 5.32 Å². The Morgan fingerprint density at radius 2 is 1.82 bits per heavy atom.